The molecule has 0 radical (unpaired) electrons. The van der Waals surface area contributed by atoms with Crippen LogP contribution in [0.4, 0.5) is 0 Å². The van der Waals surface area contributed by atoms with E-state index in [2.05, 4.69) is 15.1 Å². The van der Waals surface area contributed by atoms with Gasteiger partial charge in [-0.3, -0.25) is 0 Å². The molecule has 0 aromatic carbocycles. The van der Waals surface area contributed by atoms with Crippen LogP contribution in [0.3, 0.4) is 0 Å². The number of fused-ring (bicyclic) bond motifs is 1. The largest absolute Gasteiger partial charge is 0.476 e. The van der Waals surface area contributed by atoms with Crippen LogP contribution in [0.15, 0.2) is 12.4 Å². The fraction of sp³-hybridized carbons (Fsp3) is 0.455. The van der Waals surface area contributed by atoms with Crippen molar-refractivity contribution in [1.82, 2.24) is 19.7 Å². The van der Waals surface area contributed by atoms with E-state index in [9.17, 15) is 4.79 Å². The van der Waals surface area contributed by atoms with E-state index in [1.807, 2.05) is 0 Å². The van der Waals surface area contributed by atoms with Crippen LogP contribution >= 0.6 is 0 Å². The molecule has 3 rings (SSSR count). The summed E-state index contributed by atoms with van der Waals surface area (Å²) in [6.07, 6.45) is 5.61. The summed E-state index contributed by atoms with van der Waals surface area (Å²) >= 11 is 0. The lowest BCUT2D eigenvalue weighted by atomic mass is 10.2. The van der Waals surface area contributed by atoms with E-state index in [0.29, 0.717) is 17.8 Å². The Balaban J connectivity index is 2.13. The maximum atomic E-state index is 11.1. The van der Waals surface area contributed by atoms with Gasteiger partial charge in [0.1, 0.15) is 5.52 Å². The minimum Gasteiger partial charge on any atom is -0.476 e. The van der Waals surface area contributed by atoms with E-state index in [1.165, 1.54) is 17.1 Å². The molecule has 0 aliphatic carbocycles. The normalized spacial score (nSPS) is 20.1. The summed E-state index contributed by atoms with van der Waals surface area (Å²) in [6.45, 7) is 0.661. The molecule has 3 heterocycles. The molecule has 0 spiro atoms. The Morgan fingerprint density at radius 3 is 2.94 bits per heavy atom. The molecule has 2 aromatic rings. The maximum absolute atomic E-state index is 11.1. The first-order valence-corrected chi connectivity index (χ1v) is 5.81. The molecule has 0 saturated carbocycles. The fourth-order valence-electron chi connectivity index (χ4n) is 2.13. The van der Waals surface area contributed by atoms with Gasteiger partial charge in [0.15, 0.2) is 17.6 Å². The van der Waals surface area contributed by atoms with Crippen LogP contribution in [0.2, 0.25) is 0 Å². The van der Waals surface area contributed by atoms with Crippen molar-refractivity contribution >= 4 is 17.1 Å². The highest BCUT2D eigenvalue weighted by Crippen LogP contribution is 2.25. The molecule has 1 atom stereocenters. The molecule has 7 nitrogen and oxygen atoms in total. The number of aromatic carboxylic acids is 1. The molecule has 1 fully saturated rings. The van der Waals surface area contributed by atoms with Gasteiger partial charge in [0, 0.05) is 19.0 Å². The summed E-state index contributed by atoms with van der Waals surface area (Å²) in [5.41, 5.74) is 0.688. The minimum atomic E-state index is -1.10. The average molecular weight is 248 g/mol. The smallest absolute Gasteiger partial charge is 0.358 e. The van der Waals surface area contributed by atoms with Crippen LogP contribution in [0.5, 0.6) is 0 Å². The second-order valence-corrected chi connectivity index (χ2v) is 4.15. The number of rotatable bonds is 2. The Labute approximate surface area is 102 Å². The number of ether oxygens (including phenoxy) is 1. The molecule has 94 valence electrons. The lowest BCUT2D eigenvalue weighted by Gasteiger charge is -2.22. The molecule has 0 amide bonds. The molecule has 1 saturated heterocycles. The van der Waals surface area contributed by atoms with E-state index in [-0.39, 0.29) is 11.9 Å². The minimum absolute atomic E-state index is 0.0766. The predicted molar refractivity (Wildman–Crippen MR) is 61.1 cm³/mol. The topological polar surface area (TPSA) is 90.1 Å². The standard InChI is InChI=1S/C11H12N4O3/c16-11(17)9-8-10(13-5-4-12-8)15(14-9)7-3-1-2-6-18-7/h4-5,7H,1-3,6H2,(H,16,17). The first-order valence-electron chi connectivity index (χ1n) is 5.81. The van der Waals surface area contributed by atoms with E-state index < -0.39 is 5.97 Å². The molecule has 0 bridgehead atoms. The van der Waals surface area contributed by atoms with Gasteiger partial charge in [-0.1, -0.05) is 0 Å². The number of carboxylic acid groups (broad SMARTS) is 1. The molecular formula is C11H12N4O3. The van der Waals surface area contributed by atoms with Gasteiger partial charge in [-0.2, -0.15) is 5.10 Å². The number of hydrogen-bond donors (Lipinski definition) is 1. The lowest BCUT2D eigenvalue weighted by Crippen LogP contribution is -2.19. The maximum Gasteiger partial charge on any atom is 0.358 e. The molecule has 18 heavy (non-hydrogen) atoms. The molecule has 7 heteroatoms. The summed E-state index contributed by atoms with van der Waals surface area (Å²) in [4.78, 5) is 19.3. The van der Waals surface area contributed by atoms with Gasteiger partial charge in [0.25, 0.3) is 0 Å². The van der Waals surface area contributed by atoms with E-state index in [4.69, 9.17) is 9.84 Å². The lowest BCUT2D eigenvalue weighted by molar-refractivity contribution is -0.0372. The zero-order valence-corrected chi connectivity index (χ0v) is 9.61. The second kappa shape index (κ2) is 4.34. The van der Waals surface area contributed by atoms with Crippen molar-refractivity contribution in [2.24, 2.45) is 0 Å². The number of aromatic nitrogens is 4. The van der Waals surface area contributed by atoms with Crippen LogP contribution in [0, 0.1) is 0 Å². The van der Waals surface area contributed by atoms with E-state index >= 15 is 0 Å². The van der Waals surface area contributed by atoms with Crippen LogP contribution in [0.25, 0.3) is 11.2 Å². The summed E-state index contributed by atoms with van der Waals surface area (Å²) in [6, 6.07) is 0. The SMILES string of the molecule is O=C(O)c1nn(C2CCCCO2)c2nccnc12. The van der Waals surface area contributed by atoms with Gasteiger partial charge >= 0.3 is 5.97 Å². The van der Waals surface area contributed by atoms with E-state index in [0.717, 1.165) is 19.3 Å². The Kier molecular flexibility index (Phi) is 2.67. The van der Waals surface area contributed by atoms with Crippen LogP contribution in [-0.4, -0.2) is 37.4 Å². The summed E-state index contributed by atoms with van der Waals surface area (Å²) in [5.74, 6) is -1.10. The van der Waals surface area contributed by atoms with Gasteiger partial charge < -0.3 is 9.84 Å². The molecule has 1 aliphatic heterocycles. The summed E-state index contributed by atoms with van der Waals surface area (Å²) in [5, 5.41) is 13.2. The van der Waals surface area contributed by atoms with Crippen molar-refractivity contribution in [2.75, 3.05) is 6.61 Å². The number of hydrogen-bond acceptors (Lipinski definition) is 5. The Bertz CT molecular complexity index is 589. The van der Waals surface area contributed by atoms with Crippen molar-refractivity contribution in [3.05, 3.63) is 18.1 Å². The average Bonchev–Trinajstić information content (AvgIpc) is 2.79. The zero-order valence-electron chi connectivity index (χ0n) is 9.61. The van der Waals surface area contributed by atoms with Crippen molar-refractivity contribution in [2.45, 2.75) is 25.5 Å². The predicted octanol–water partition coefficient (Wildman–Crippen LogP) is 1.22. The first kappa shape index (κ1) is 11.1. The Morgan fingerprint density at radius 2 is 2.22 bits per heavy atom. The summed E-state index contributed by atoms with van der Waals surface area (Å²) < 4.78 is 7.14. The third-order valence-electron chi connectivity index (χ3n) is 2.96. The first-order chi connectivity index (χ1) is 8.77. The summed E-state index contributed by atoms with van der Waals surface area (Å²) in [7, 11) is 0. The monoisotopic (exact) mass is 248 g/mol. The number of nitrogens with zero attached hydrogens (tertiary/aromatic N) is 4. The van der Waals surface area contributed by atoms with Crippen molar-refractivity contribution in [1.29, 1.82) is 0 Å². The van der Waals surface area contributed by atoms with Crippen molar-refractivity contribution in [3.8, 4) is 0 Å². The highest BCUT2D eigenvalue weighted by molar-refractivity contribution is 5.98. The Morgan fingerprint density at radius 1 is 1.39 bits per heavy atom. The van der Waals surface area contributed by atoms with Crippen LogP contribution in [-0.2, 0) is 4.74 Å². The van der Waals surface area contributed by atoms with Gasteiger partial charge in [0.2, 0.25) is 0 Å². The third-order valence-corrected chi connectivity index (χ3v) is 2.96. The molecule has 1 N–H and O–H groups in total. The van der Waals surface area contributed by atoms with Crippen molar-refractivity contribution in [3.63, 3.8) is 0 Å². The number of carboxylic acids is 1. The van der Waals surface area contributed by atoms with Gasteiger partial charge in [0.05, 0.1) is 0 Å². The Hall–Kier alpha value is -2.02. The molecule has 1 unspecified atom stereocenters. The third kappa shape index (κ3) is 1.72. The van der Waals surface area contributed by atoms with Crippen LogP contribution in [0.1, 0.15) is 36.0 Å². The van der Waals surface area contributed by atoms with Gasteiger partial charge in [-0.25, -0.2) is 19.4 Å². The quantitative estimate of drug-likeness (QED) is 0.859. The van der Waals surface area contributed by atoms with Gasteiger partial charge in [-0.15, -0.1) is 0 Å². The molecule has 2 aromatic heterocycles. The zero-order chi connectivity index (χ0) is 12.5. The highest BCUT2D eigenvalue weighted by Gasteiger charge is 2.24. The number of carbonyl (C=O) groups is 1. The highest BCUT2D eigenvalue weighted by atomic mass is 16.5. The van der Waals surface area contributed by atoms with E-state index in [1.54, 1.807) is 0 Å². The van der Waals surface area contributed by atoms with Gasteiger partial charge in [-0.05, 0) is 19.3 Å². The van der Waals surface area contributed by atoms with Crippen molar-refractivity contribution < 1.29 is 14.6 Å². The molecular weight excluding hydrogens is 236 g/mol. The molecule has 1 aliphatic rings. The van der Waals surface area contributed by atoms with Crippen LogP contribution < -0.4 is 0 Å². The second-order valence-electron chi connectivity index (χ2n) is 4.15. The fourth-order valence-corrected chi connectivity index (χ4v) is 2.13.